The molecular formula is C36H56FN6O5P. The Morgan fingerprint density at radius 3 is 2.14 bits per heavy atom. The number of nitriles is 2. The number of aliphatic hydroxyl groups excluding tert-OH is 1. The lowest BCUT2D eigenvalue weighted by atomic mass is 10.0. The Bertz CT molecular complexity index is 1340. The lowest BCUT2D eigenvalue weighted by Gasteiger charge is -2.17. The van der Waals surface area contributed by atoms with E-state index >= 15 is 0 Å². The van der Waals surface area contributed by atoms with E-state index in [9.17, 15) is 9.28 Å². The van der Waals surface area contributed by atoms with Crippen molar-refractivity contribution in [3.8, 4) is 12.6 Å². The summed E-state index contributed by atoms with van der Waals surface area (Å²) in [5.41, 5.74) is 8.37. The summed E-state index contributed by atoms with van der Waals surface area (Å²) in [6.45, 7) is 6.36. The van der Waals surface area contributed by atoms with Gasteiger partial charge in [-0.1, -0.05) is 90.4 Å². The lowest BCUT2D eigenvalue weighted by molar-refractivity contribution is 0.0440. The van der Waals surface area contributed by atoms with Crippen LogP contribution in [0, 0.1) is 29.0 Å². The fourth-order valence-corrected chi connectivity index (χ4v) is 5.86. The van der Waals surface area contributed by atoms with Crippen LogP contribution in [0.2, 0.25) is 0 Å². The Morgan fingerprint density at radius 2 is 1.57 bits per heavy atom. The van der Waals surface area contributed by atoms with Crippen molar-refractivity contribution in [1.29, 1.82) is 10.5 Å². The Hall–Kier alpha value is -3.22. The average Bonchev–Trinajstić information content (AvgIpc) is 3.55. The second kappa shape index (κ2) is 28.6. The van der Waals surface area contributed by atoms with Crippen LogP contribution in [0.15, 0.2) is 36.7 Å². The Balaban J connectivity index is 0.000000773. The standard InChI is InChI=1S/C27H49N4O4P.C8H6FNO.CHN/c1-3-4-5-6-7-8-9-10-11-12-13-14-15-16-21-34-36(32)35-22-25(33-2)19-17-24-18-20-26-27(28)29-23-30-31(24)26;9-8-2-6(4-10)1-7(3-8)5-11;1-2/h18,20,23,25,32H,3-17,19,21-22H2,1-2H3,(H2,28,29,30);1-3,11H,5H2;1H. The molecule has 0 radical (unpaired) electrons. The summed E-state index contributed by atoms with van der Waals surface area (Å²) in [6, 6.07) is 9.47. The molecule has 2 unspecified atom stereocenters. The van der Waals surface area contributed by atoms with E-state index < -0.39 is 14.4 Å². The van der Waals surface area contributed by atoms with Gasteiger partial charge >= 0.3 is 8.60 Å². The van der Waals surface area contributed by atoms with Gasteiger partial charge in [-0.05, 0) is 55.2 Å². The molecule has 2 atom stereocenters. The number of halogens is 1. The minimum atomic E-state index is -1.87. The molecule has 1 aromatic carbocycles. The molecular weight excluding hydrogens is 646 g/mol. The third-order valence-electron chi connectivity index (χ3n) is 7.96. The number of fused-ring (bicyclic) bond motifs is 1. The second-order valence-corrected chi connectivity index (χ2v) is 12.7. The maximum absolute atomic E-state index is 12.5. The molecule has 0 bridgehead atoms. The molecule has 3 aromatic rings. The number of aliphatic hydroxyl groups is 1. The smallest absolute Gasteiger partial charge is 0.329 e. The predicted molar refractivity (Wildman–Crippen MR) is 192 cm³/mol. The van der Waals surface area contributed by atoms with Gasteiger partial charge in [0.15, 0.2) is 5.82 Å². The third kappa shape index (κ3) is 19.5. The summed E-state index contributed by atoms with van der Waals surface area (Å²) in [4.78, 5) is 14.1. The molecule has 0 aliphatic heterocycles. The number of ether oxygens (including phenoxy) is 1. The summed E-state index contributed by atoms with van der Waals surface area (Å²) < 4.78 is 30.8. The minimum Gasteiger partial charge on any atom is -0.392 e. The van der Waals surface area contributed by atoms with Crippen molar-refractivity contribution in [2.24, 2.45) is 0 Å². The highest BCUT2D eigenvalue weighted by atomic mass is 31.2. The largest absolute Gasteiger partial charge is 0.392 e. The summed E-state index contributed by atoms with van der Waals surface area (Å²) in [5, 5.41) is 27.8. The number of aromatic nitrogens is 3. The second-order valence-electron chi connectivity index (χ2n) is 11.7. The van der Waals surface area contributed by atoms with Gasteiger partial charge in [-0.2, -0.15) is 10.4 Å². The number of nitrogens with two attached hydrogens (primary N) is 1. The van der Waals surface area contributed by atoms with Crippen molar-refractivity contribution >= 4 is 19.9 Å². The van der Waals surface area contributed by atoms with Crippen molar-refractivity contribution in [3.63, 3.8) is 0 Å². The van der Waals surface area contributed by atoms with Gasteiger partial charge in [0.2, 0.25) is 0 Å². The van der Waals surface area contributed by atoms with E-state index in [4.69, 9.17) is 35.1 Å². The molecule has 3 rings (SSSR count). The zero-order valence-electron chi connectivity index (χ0n) is 29.3. The first-order chi connectivity index (χ1) is 23.9. The van der Waals surface area contributed by atoms with Crippen LogP contribution in [0.1, 0.15) is 120 Å². The van der Waals surface area contributed by atoms with Gasteiger partial charge in [0, 0.05) is 19.4 Å². The number of hydrogen-bond donors (Lipinski definition) is 3. The first-order valence-corrected chi connectivity index (χ1v) is 18.5. The topological polar surface area (TPSA) is 172 Å². The minimum absolute atomic E-state index is 0.142. The van der Waals surface area contributed by atoms with E-state index in [-0.39, 0.29) is 24.9 Å². The zero-order chi connectivity index (χ0) is 36.1. The van der Waals surface area contributed by atoms with Crippen LogP contribution in [0.25, 0.3) is 5.52 Å². The fraction of sp³-hybridized carbons (Fsp3) is 0.611. The van der Waals surface area contributed by atoms with E-state index in [1.165, 1.54) is 95.5 Å². The molecule has 2 heterocycles. The van der Waals surface area contributed by atoms with Gasteiger partial charge in [0.1, 0.15) is 17.7 Å². The fourth-order valence-electron chi connectivity index (χ4n) is 5.20. The predicted octanol–water partition coefficient (Wildman–Crippen LogP) is 8.32. The van der Waals surface area contributed by atoms with Gasteiger partial charge < -0.3 is 29.5 Å². The summed E-state index contributed by atoms with van der Waals surface area (Å²) in [5.74, 6) is -0.0298. The summed E-state index contributed by atoms with van der Waals surface area (Å²) in [6.07, 6.45) is 21.3. The molecule has 11 nitrogen and oxygen atoms in total. The number of unbranched alkanes of at least 4 members (excludes halogenated alkanes) is 13. The van der Waals surface area contributed by atoms with Crippen molar-refractivity contribution < 1.29 is 28.2 Å². The number of nitrogen functional groups attached to an aromatic ring is 1. The number of aryl methyl sites for hydroxylation is 1. The number of hydrogen-bond acceptors (Lipinski definition) is 10. The maximum atomic E-state index is 12.5. The monoisotopic (exact) mass is 702 g/mol. The number of nitrogens with zero attached hydrogens (tertiary/aromatic N) is 5. The van der Waals surface area contributed by atoms with E-state index in [0.29, 0.717) is 18.0 Å². The van der Waals surface area contributed by atoms with Crippen LogP contribution in [0.5, 0.6) is 0 Å². The van der Waals surface area contributed by atoms with Gasteiger partial charge in [0.25, 0.3) is 0 Å². The van der Waals surface area contributed by atoms with Crippen LogP contribution >= 0.6 is 8.60 Å². The van der Waals surface area contributed by atoms with Gasteiger partial charge in [-0.25, -0.2) is 19.2 Å². The molecule has 0 fully saturated rings. The van der Waals surface area contributed by atoms with Gasteiger partial charge in [-0.15, -0.1) is 0 Å². The first kappa shape index (κ1) is 43.8. The van der Waals surface area contributed by atoms with E-state index in [1.54, 1.807) is 17.7 Å². The van der Waals surface area contributed by atoms with E-state index in [0.717, 1.165) is 43.0 Å². The SMILES string of the molecule is C#N.CCCCCCCCCCCCCCCCOP(O)OCC(CCc1ccc2c(N)ncnn12)OC.N#Cc1cc(F)cc(CO)c1. The Morgan fingerprint density at radius 1 is 0.959 bits per heavy atom. The van der Waals surface area contributed by atoms with Crippen molar-refractivity contribution in [2.45, 2.75) is 122 Å². The zero-order valence-corrected chi connectivity index (χ0v) is 30.2. The van der Waals surface area contributed by atoms with E-state index in [1.807, 2.05) is 12.1 Å². The summed E-state index contributed by atoms with van der Waals surface area (Å²) in [7, 11) is -0.219. The highest BCUT2D eigenvalue weighted by Gasteiger charge is 2.15. The summed E-state index contributed by atoms with van der Waals surface area (Å²) >= 11 is 0. The van der Waals surface area contributed by atoms with Crippen LogP contribution in [-0.2, 0) is 26.8 Å². The Kier molecular flexibility index (Phi) is 25.6. The molecule has 0 saturated heterocycles. The van der Waals surface area contributed by atoms with Crippen LogP contribution in [0.4, 0.5) is 10.2 Å². The molecule has 0 amide bonds. The lowest BCUT2D eigenvalue weighted by Crippen LogP contribution is -2.18. The molecule has 0 spiro atoms. The van der Waals surface area contributed by atoms with E-state index in [2.05, 4.69) is 23.6 Å². The normalized spacial score (nSPS) is 12.0. The maximum Gasteiger partial charge on any atom is 0.329 e. The number of anilines is 1. The van der Waals surface area contributed by atoms with Gasteiger partial charge in [0.05, 0.1) is 37.6 Å². The quantitative estimate of drug-likeness (QED) is 0.0609. The van der Waals surface area contributed by atoms with Crippen molar-refractivity contribution in [1.82, 2.24) is 14.6 Å². The van der Waals surface area contributed by atoms with Crippen molar-refractivity contribution in [2.75, 3.05) is 26.1 Å². The highest BCUT2D eigenvalue weighted by molar-refractivity contribution is 7.40. The molecule has 4 N–H and O–H groups in total. The molecule has 0 saturated carbocycles. The molecule has 2 aromatic heterocycles. The first-order valence-electron chi connectivity index (χ1n) is 17.3. The molecule has 49 heavy (non-hydrogen) atoms. The molecule has 0 aliphatic carbocycles. The van der Waals surface area contributed by atoms with Crippen LogP contribution in [-0.4, -0.2) is 51.0 Å². The highest BCUT2D eigenvalue weighted by Crippen LogP contribution is 2.33. The van der Waals surface area contributed by atoms with Crippen molar-refractivity contribution in [3.05, 3.63) is 59.3 Å². The average molecular weight is 703 g/mol. The van der Waals surface area contributed by atoms with Crippen LogP contribution in [0.3, 0.4) is 0 Å². The molecule has 272 valence electrons. The number of benzene rings is 1. The molecule has 0 aliphatic rings. The van der Waals surface area contributed by atoms with Gasteiger partial charge in [-0.3, -0.25) is 0 Å². The third-order valence-corrected chi connectivity index (χ3v) is 8.73. The number of rotatable bonds is 24. The number of methoxy groups -OCH3 is 1. The Labute approximate surface area is 293 Å². The van der Waals surface area contributed by atoms with Crippen LogP contribution < -0.4 is 5.73 Å². The molecule has 13 heteroatoms.